The highest BCUT2D eigenvalue weighted by molar-refractivity contribution is 5.84. The molecule has 3 aliphatic heterocycles. The summed E-state index contributed by atoms with van der Waals surface area (Å²) in [5.41, 5.74) is 11.2. The molecular weight excluding hydrogens is 326 g/mol. The minimum absolute atomic E-state index is 0.220. The lowest BCUT2D eigenvalue weighted by atomic mass is 9.73. The van der Waals surface area contributed by atoms with E-state index in [1.54, 1.807) is 13.3 Å². The molecule has 5 atom stereocenters. The van der Waals surface area contributed by atoms with E-state index in [2.05, 4.69) is 32.6 Å². The molecule has 6 heteroatoms. The van der Waals surface area contributed by atoms with Crippen molar-refractivity contribution in [2.75, 3.05) is 20.2 Å². The molecule has 26 heavy (non-hydrogen) atoms. The van der Waals surface area contributed by atoms with Crippen molar-refractivity contribution in [3.63, 3.8) is 0 Å². The van der Waals surface area contributed by atoms with Gasteiger partial charge in [-0.05, 0) is 66.6 Å². The van der Waals surface area contributed by atoms with E-state index in [1.165, 1.54) is 6.42 Å². The van der Waals surface area contributed by atoms with Crippen LogP contribution in [0.15, 0.2) is 48.2 Å². The molecule has 0 unspecified atom stereocenters. The smallest absolute Gasteiger partial charge is 0.119 e. The number of piperidine rings is 3. The zero-order chi connectivity index (χ0) is 18.1. The fourth-order valence-electron chi connectivity index (χ4n) is 4.64. The maximum absolute atomic E-state index is 9.25. The van der Waals surface area contributed by atoms with Crippen LogP contribution in [0.1, 0.15) is 24.4 Å². The van der Waals surface area contributed by atoms with Crippen LogP contribution in [0.5, 0.6) is 5.75 Å². The standard InChI is InChI=1S/C20H23N5O/c1-3-13-12-25-9-7-14(13)10-19(25)20(23-24-21)16-6-8-22-18-5-4-15(26-2)11-17(16)18/h3-6,8,11,13-14,19-20H,1,7,9-10,12H2,2H3/t13-,14-,19-,20+/m0/s1. The molecule has 0 amide bonds. The van der Waals surface area contributed by atoms with Crippen LogP contribution in [0.2, 0.25) is 0 Å². The fourth-order valence-corrected chi connectivity index (χ4v) is 4.64. The van der Waals surface area contributed by atoms with Gasteiger partial charge in [-0.1, -0.05) is 11.2 Å². The van der Waals surface area contributed by atoms with E-state index < -0.39 is 0 Å². The van der Waals surface area contributed by atoms with E-state index in [-0.39, 0.29) is 12.1 Å². The summed E-state index contributed by atoms with van der Waals surface area (Å²) >= 11 is 0. The monoisotopic (exact) mass is 349 g/mol. The first-order chi connectivity index (χ1) is 12.7. The summed E-state index contributed by atoms with van der Waals surface area (Å²) in [4.78, 5) is 10.1. The van der Waals surface area contributed by atoms with Gasteiger partial charge < -0.3 is 4.74 Å². The topological polar surface area (TPSA) is 74.1 Å². The normalized spacial score (nSPS) is 28.3. The van der Waals surface area contributed by atoms with Crippen molar-refractivity contribution in [2.45, 2.75) is 24.9 Å². The first-order valence-corrected chi connectivity index (χ1v) is 9.08. The summed E-state index contributed by atoms with van der Waals surface area (Å²) in [5, 5.41) is 5.23. The molecule has 1 aromatic heterocycles. The number of ether oxygens (including phenoxy) is 1. The molecule has 6 nitrogen and oxygen atoms in total. The van der Waals surface area contributed by atoms with Crippen LogP contribution >= 0.6 is 0 Å². The van der Waals surface area contributed by atoms with Crippen LogP contribution < -0.4 is 4.74 Å². The van der Waals surface area contributed by atoms with Crippen LogP contribution in [-0.2, 0) is 0 Å². The number of pyridine rings is 1. The van der Waals surface area contributed by atoms with Crippen molar-refractivity contribution < 1.29 is 4.74 Å². The molecule has 3 saturated heterocycles. The van der Waals surface area contributed by atoms with Crippen LogP contribution in [-0.4, -0.2) is 36.1 Å². The molecule has 3 fully saturated rings. The van der Waals surface area contributed by atoms with Crippen molar-refractivity contribution in [1.29, 1.82) is 0 Å². The molecule has 0 N–H and O–H groups in total. The van der Waals surface area contributed by atoms with Gasteiger partial charge in [0.2, 0.25) is 0 Å². The van der Waals surface area contributed by atoms with Gasteiger partial charge >= 0.3 is 0 Å². The van der Waals surface area contributed by atoms with E-state index >= 15 is 0 Å². The molecule has 0 aliphatic carbocycles. The van der Waals surface area contributed by atoms with Gasteiger partial charge in [0, 0.05) is 29.1 Å². The molecule has 2 bridgehead atoms. The number of hydrogen-bond donors (Lipinski definition) is 0. The van der Waals surface area contributed by atoms with Gasteiger partial charge in [0.25, 0.3) is 0 Å². The predicted molar refractivity (Wildman–Crippen MR) is 102 cm³/mol. The third kappa shape index (κ3) is 2.81. The molecule has 2 aromatic rings. The van der Waals surface area contributed by atoms with Crippen molar-refractivity contribution in [1.82, 2.24) is 9.88 Å². The Morgan fingerprint density at radius 2 is 2.35 bits per heavy atom. The Kier molecular flexibility index (Phi) is 4.53. The number of aromatic nitrogens is 1. The van der Waals surface area contributed by atoms with Crippen LogP contribution in [0.4, 0.5) is 0 Å². The number of hydrogen-bond acceptors (Lipinski definition) is 4. The number of azide groups is 1. The average molecular weight is 349 g/mol. The largest absolute Gasteiger partial charge is 0.497 e. The Bertz CT molecular complexity index is 876. The third-order valence-corrected chi connectivity index (χ3v) is 6.00. The van der Waals surface area contributed by atoms with Gasteiger partial charge in [-0.2, -0.15) is 0 Å². The number of benzene rings is 1. The summed E-state index contributed by atoms with van der Waals surface area (Å²) in [6.45, 7) is 6.06. The van der Waals surface area contributed by atoms with Crippen molar-refractivity contribution >= 4 is 10.9 Å². The van der Waals surface area contributed by atoms with Crippen LogP contribution in [0.25, 0.3) is 21.3 Å². The number of nitrogens with zero attached hydrogens (tertiary/aromatic N) is 5. The minimum atomic E-state index is -0.230. The minimum Gasteiger partial charge on any atom is -0.497 e. The van der Waals surface area contributed by atoms with Gasteiger partial charge in [-0.25, -0.2) is 0 Å². The third-order valence-electron chi connectivity index (χ3n) is 6.00. The van der Waals surface area contributed by atoms with Gasteiger partial charge in [0.1, 0.15) is 5.75 Å². The Labute approximate surface area is 153 Å². The molecule has 5 rings (SSSR count). The quantitative estimate of drug-likeness (QED) is 0.345. The second-order valence-electron chi connectivity index (χ2n) is 7.18. The van der Waals surface area contributed by atoms with Gasteiger partial charge in [-0.3, -0.25) is 9.88 Å². The highest BCUT2D eigenvalue weighted by Gasteiger charge is 2.42. The summed E-state index contributed by atoms with van der Waals surface area (Å²) in [6.07, 6.45) is 6.12. The Morgan fingerprint density at radius 1 is 1.46 bits per heavy atom. The lowest BCUT2D eigenvalue weighted by molar-refractivity contribution is 0.00758. The first-order valence-electron chi connectivity index (χ1n) is 9.08. The number of methoxy groups -OCH3 is 1. The van der Waals surface area contributed by atoms with Crippen LogP contribution in [0, 0.1) is 11.8 Å². The SMILES string of the molecule is C=C[C@H]1C[N@]2CC[C@H]1C[C@H]2[C@H](N=[N+]=[N-])c1ccnc2ccc(OC)cc12. The maximum atomic E-state index is 9.25. The highest BCUT2D eigenvalue weighted by Crippen LogP contribution is 2.43. The van der Waals surface area contributed by atoms with Gasteiger partial charge in [0.15, 0.2) is 0 Å². The summed E-state index contributed by atoms with van der Waals surface area (Å²) in [6, 6.07) is 7.81. The van der Waals surface area contributed by atoms with E-state index in [9.17, 15) is 5.53 Å². The maximum Gasteiger partial charge on any atom is 0.119 e. The Morgan fingerprint density at radius 3 is 3.04 bits per heavy atom. The summed E-state index contributed by atoms with van der Waals surface area (Å²) < 4.78 is 5.39. The fraction of sp³-hybridized carbons (Fsp3) is 0.450. The summed E-state index contributed by atoms with van der Waals surface area (Å²) in [5.74, 6) is 1.95. The summed E-state index contributed by atoms with van der Waals surface area (Å²) in [7, 11) is 1.66. The molecule has 0 spiro atoms. The first kappa shape index (κ1) is 16.9. The molecule has 3 aliphatic rings. The lowest BCUT2D eigenvalue weighted by Gasteiger charge is -2.51. The van der Waals surface area contributed by atoms with Crippen LogP contribution in [0.3, 0.4) is 0 Å². The Balaban J connectivity index is 1.77. The van der Waals surface area contributed by atoms with E-state index in [0.717, 1.165) is 41.7 Å². The van der Waals surface area contributed by atoms with E-state index in [4.69, 9.17) is 4.74 Å². The molecule has 4 heterocycles. The van der Waals surface area contributed by atoms with Crippen molar-refractivity contribution in [2.24, 2.45) is 17.0 Å². The van der Waals surface area contributed by atoms with E-state index in [0.29, 0.717) is 11.8 Å². The predicted octanol–water partition coefficient (Wildman–Crippen LogP) is 4.49. The molecular formula is C20H23N5O. The molecule has 1 aromatic carbocycles. The van der Waals surface area contributed by atoms with E-state index in [1.807, 2.05) is 24.3 Å². The molecule has 0 radical (unpaired) electrons. The molecule has 134 valence electrons. The van der Waals surface area contributed by atoms with Crippen molar-refractivity contribution in [3.05, 3.63) is 59.1 Å². The zero-order valence-electron chi connectivity index (χ0n) is 15.0. The second-order valence-corrected chi connectivity index (χ2v) is 7.18. The zero-order valence-corrected chi connectivity index (χ0v) is 15.0. The lowest BCUT2D eigenvalue weighted by Crippen LogP contribution is -2.54. The highest BCUT2D eigenvalue weighted by atomic mass is 16.5. The average Bonchev–Trinajstić information content (AvgIpc) is 2.71. The second kappa shape index (κ2) is 6.98. The van der Waals surface area contributed by atoms with Gasteiger partial charge in [-0.15, -0.1) is 6.58 Å². The number of fused-ring (bicyclic) bond motifs is 4. The molecule has 0 saturated carbocycles. The Hall–Kier alpha value is -2.56. The number of rotatable bonds is 5. The van der Waals surface area contributed by atoms with Gasteiger partial charge in [0.05, 0.1) is 18.7 Å². The van der Waals surface area contributed by atoms with Crippen molar-refractivity contribution in [3.8, 4) is 5.75 Å².